The van der Waals surface area contributed by atoms with Crippen LogP contribution in [-0.2, 0) is 23.1 Å². The average molecular weight is 490 g/mol. The number of anilines is 1. The van der Waals surface area contributed by atoms with E-state index in [1.807, 2.05) is 0 Å². The van der Waals surface area contributed by atoms with E-state index in [2.05, 4.69) is 20.4 Å². The van der Waals surface area contributed by atoms with Gasteiger partial charge in [-0.15, -0.1) is 0 Å². The molecule has 0 saturated heterocycles. The van der Waals surface area contributed by atoms with Gasteiger partial charge in [-0.05, 0) is 36.8 Å². The summed E-state index contributed by atoms with van der Waals surface area (Å²) in [6, 6.07) is 2.95. The lowest BCUT2D eigenvalue weighted by atomic mass is 9.94. The van der Waals surface area contributed by atoms with E-state index in [1.165, 1.54) is 0 Å². The second kappa shape index (κ2) is 9.09. The molecule has 1 aromatic carbocycles. The molecule has 0 aliphatic carbocycles. The fourth-order valence-electron chi connectivity index (χ4n) is 2.39. The molecule has 31 heavy (non-hydrogen) atoms. The van der Waals surface area contributed by atoms with Crippen molar-refractivity contribution in [3.63, 3.8) is 0 Å². The molecule has 0 bridgehead atoms. The summed E-state index contributed by atoms with van der Waals surface area (Å²) in [5.41, 5.74) is -4.03. The molecular weight excluding hydrogens is 475 g/mol. The molecule has 2 N–H and O–H groups in total. The zero-order valence-corrected chi connectivity index (χ0v) is 17.4. The van der Waals surface area contributed by atoms with Crippen molar-refractivity contribution >= 4 is 34.9 Å². The number of carbonyl (C=O) groups is 1. The maximum absolute atomic E-state index is 13.4. The number of hydrogen-bond acceptors (Lipinski definition) is 3. The Hall–Kier alpha value is -2.24. The van der Waals surface area contributed by atoms with Gasteiger partial charge in [-0.2, -0.15) is 26.3 Å². The second-order valence-electron chi connectivity index (χ2n) is 6.39. The number of ether oxygens (including phenoxy) is 1. The number of methoxy groups -OCH3 is 1. The molecule has 1 heterocycles. The van der Waals surface area contributed by atoms with E-state index in [9.17, 15) is 31.1 Å². The number of halogens is 8. The van der Waals surface area contributed by atoms with Gasteiger partial charge in [0, 0.05) is 13.3 Å². The number of pyridine rings is 1. The van der Waals surface area contributed by atoms with Crippen molar-refractivity contribution in [2.75, 3.05) is 12.4 Å². The fourth-order valence-corrected chi connectivity index (χ4v) is 2.97. The summed E-state index contributed by atoms with van der Waals surface area (Å²) in [5, 5.41) is 4.04. The topological polar surface area (TPSA) is 63.2 Å². The summed E-state index contributed by atoms with van der Waals surface area (Å²) in [4.78, 5) is 15.7. The van der Waals surface area contributed by atoms with E-state index < -0.39 is 29.5 Å². The number of alkyl halides is 6. The van der Waals surface area contributed by atoms with Gasteiger partial charge in [0.25, 0.3) is 0 Å². The van der Waals surface area contributed by atoms with Gasteiger partial charge in [0.2, 0.25) is 0 Å². The maximum Gasteiger partial charge on any atom is 0.421 e. The van der Waals surface area contributed by atoms with Crippen LogP contribution in [0, 0.1) is 0 Å². The third-order valence-corrected chi connectivity index (χ3v) is 4.96. The largest absolute Gasteiger partial charge is 0.421 e. The number of rotatable bonds is 5. The number of aromatic nitrogens is 1. The first-order chi connectivity index (χ1) is 14.2. The van der Waals surface area contributed by atoms with Gasteiger partial charge in [-0.25, -0.2) is 4.79 Å². The smallest absolute Gasteiger partial charge is 0.364 e. The van der Waals surface area contributed by atoms with Gasteiger partial charge in [0.15, 0.2) is 5.60 Å². The lowest BCUT2D eigenvalue weighted by Crippen LogP contribution is -2.41. The number of hydrogen-bond donors (Lipinski definition) is 2. The Balaban J connectivity index is 2.12. The lowest BCUT2D eigenvalue weighted by Gasteiger charge is -2.31. The highest BCUT2D eigenvalue weighted by atomic mass is 35.5. The molecule has 2 rings (SSSR count). The zero-order valence-electron chi connectivity index (χ0n) is 15.9. The van der Waals surface area contributed by atoms with Gasteiger partial charge < -0.3 is 15.4 Å². The highest BCUT2D eigenvalue weighted by Crippen LogP contribution is 2.44. The maximum atomic E-state index is 13.4. The number of urea groups is 1. The van der Waals surface area contributed by atoms with E-state index in [1.54, 1.807) is 0 Å². The van der Waals surface area contributed by atoms with Crippen LogP contribution in [-0.4, -0.2) is 24.3 Å². The minimum Gasteiger partial charge on any atom is -0.364 e. The fraction of sp³-hybridized carbons (Fsp3) is 0.333. The van der Waals surface area contributed by atoms with Crippen LogP contribution in [0.25, 0.3) is 0 Å². The van der Waals surface area contributed by atoms with E-state index in [-0.39, 0.29) is 33.5 Å². The van der Waals surface area contributed by atoms with Crippen molar-refractivity contribution in [3.05, 3.63) is 57.3 Å². The van der Waals surface area contributed by atoms with Crippen molar-refractivity contribution < 1.29 is 35.9 Å². The SMILES string of the molecule is COC(C)(c1cc(Cl)c(NC(=O)NCc2ccc(C(F)(F)F)cn2)c(Cl)c1)C(F)(F)F. The summed E-state index contributed by atoms with van der Waals surface area (Å²) < 4.78 is 82.3. The van der Waals surface area contributed by atoms with Crippen LogP contribution < -0.4 is 10.6 Å². The van der Waals surface area contributed by atoms with Crippen molar-refractivity contribution in [2.45, 2.75) is 31.4 Å². The summed E-state index contributed by atoms with van der Waals surface area (Å²) >= 11 is 12.0. The third kappa shape index (κ3) is 5.72. The Bertz CT molecular complexity index is 928. The summed E-state index contributed by atoms with van der Waals surface area (Å²) in [6.45, 7) is 0.568. The summed E-state index contributed by atoms with van der Waals surface area (Å²) in [5.74, 6) is 0. The molecule has 0 aliphatic rings. The molecule has 2 aromatic rings. The standard InChI is InChI=1S/C18H15Cl2F6N3O2/c1-16(31-2,18(24,25)26)10-5-12(19)14(13(20)6-10)29-15(30)28-8-11-4-3-9(7-27-11)17(21,22)23/h3-7H,8H2,1-2H3,(H2,28,29,30). The molecule has 0 aliphatic heterocycles. The van der Waals surface area contributed by atoms with E-state index >= 15 is 0 Å². The summed E-state index contributed by atoms with van der Waals surface area (Å²) in [6.07, 6.45) is -8.69. The predicted molar refractivity (Wildman–Crippen MR) is 102 cm³/mol. The Morgan fingerprint density at radius 3 is 2.06 bits per heavy atom. The zero-order chi connectivity index (χ0) is 23.6. The van der Waals surface area contributed by atoms with Gasteiger partial charge in [-0.3, -0.25) is 4.98 Å². The molecule has 0 radical (unpaired) electrons. The van der Waals surface area contributed by atoms with Crippen molar-refractivity contribution in [1.82, 2.24) is 10.3 Å². The molecule has 1 unspecified atom stereocenters. The molecule has 0 spiro atoms. The van der Waals surface area contributed by atoms with Gasteiger partial charge in [-0.1, -0.05) is 23.2 Å². The number of benzene rings is 1. The normalized spacial score (nSPS) is 14.1. The molecular formula is C18H15Cl2F6N3O2. The number of carbonyl (C=O) groups excluding carboxylic acids is 1. The second-order valence-corrected chi connectivity index (χ2v) is 7.21. The number of nitrogens with zero attached hydrogens (tertiary/aromatic N) is 1. The Labute approximate surface area is 182 Å². The molecule has 1 aromatic heterocycles. The van der Waals surface area contributed by atoms with Crippen molar-refractivity contribution in [2.24, 2.45) is 0 Å². The van der Waals surface area contributed by atoms with Crippen molar-refractivity contribution in [1.29, 1.82) is 0 Å². The molecule has 0 fully saturated rings. The van der Waals surface area contributed by atoms with Gasteiger partial charge in [0.1, 0.15) is 0 Å². The Morgan fingerprint density at radius 2 is 1.65 bits per heavy atom. The average Bonchev–Trinajstić information content (AvgIpc) is 2.67. The first kappa shape index (κ1) is 25.0. The predicted octanol–water partition coefficient (Wildman–Crippen LogP) is 6.15. The van der Waals surface area contributed by atoms with Gasteiger partial charge in [0.05, 0.1) is 33.5 Å². The van der Waals surface area contributed by atoms with E-state index in [4.69, 9.17) is 23.2 Å². The quantitative estimate of drug-likeness (QED) is 0.495. The molecule has 2 amide bonds. The molecule has 170 valence electrons. The first-order valence-corrected chi connectivity index (χ1v) is 9.13. The highest BCUT2D eigenvalue weighted by molar-refractivity contribution is 6.39. The molecule has 1 atom stereocenters. The monoisotopic (exact) mass is 489 g/mol. The lowest BCUT2D eigenvalue weighted by molar-refractivity contribution is -0.269. The Morgan fingerprint density at radius 1 is 1.06 bits per heavy atom. The van der Waals surface area contributed by atoms with E-state index in [0.29, 0.717) is 6.20 Å². The number of nitrogens with one attached hydrogen (secondary N) is 2. The van der Waals surface area contributed by atoms with E-state index in [0.717, 1.165) is 38.3 Å². The van der Waals surface area contributed by atoms with Crippen LogP contribution in [0.5, 0.6) is 0 Å². The molecule has 5 nitrogen and oxygen atoms in total. The number of amides is 2. The van der Waals surface area contributed by atoms with Crippen LogP contribution in [0.1, 0.15) is 23.7 Å². The summed E-state index contributed by atoms with van der Waals surface area (Å²) in [7, 11) is 0.879. The Kier molecular flexibility index (Phi) is 7.34. The minimum atomic E-state index is -4.77. The van der Waals surface area contributed by atoms with Crippen LogP contribution in [0.2, 0.25) is 10.0 Å². The minimum absolute atomic E-state index is 0.136. The van der Waals surface area contributed by atoms with Crippen molar-refractivity contribution in [3.8, 4) is 0 Å². The van der Waals surface area contributed by atoms with Crippen LogP contribution in [0.3, 0.4) is 0 Å². The molecule has 0 saturated carbocycles. The van der Waals surface area contributed by atoms with Crippen LogP contribution in [0.4, 0.5) is 36.8 Å². The van der Waals surface area contributed by atoms with Gasteiger partial charge >= 0.3 is 18.4 Å². The van der Waals surface area contributed by atoms with Crippen LogP contribution >= 0.6 is 23.2 Å². The van der Waals surface area contributed by atoms with Crippen LogP contribution in [0.15, 0.2) is 30.5 Å². The molecule has 13 heteroatoms. The third-order valence-electron chi connectivity index (χ3n) is 4.36. The first-order valence-electron chi connectivity index (χ1n) is 8.37. The highest BCUT2D eigenvalue weighted by Gasteiger charge is 2.53.